The first kappa shape index (κ1) is 13.3. The van der Waals surface area contributed by atoms with Gasteiger partial charge in [-0.3, -0.25) is 0 Å². The molecule has 0 saturated heterocycles. The predicted molar refractivity (Wildman–Crippen MR) is 65.8 cm³/mol. The van der Waals surface area contributed by atoms with E-state index in [9.17, 15) is 0 Å². The molecule has 0 atom stereocenters. The fraction of sp³-hybridized carbons (Fsp3) is 0.455. The molecule has 0 bridgehead atoms. The van der Waals surface area contributed by atoms with E-state index in [0.29, 0.717) is 13.0 Å². The first-order chi connectivity index (χ1) is 7.65. The van der Waals surface area contributed by atoms with Crippen LogP contribution in [-0.2, 0) is 11.3 Å². The molecule has 0 spiro atoms. The molecule has 16 heavy (non-hydrogen) atoms. The van der Waals surface area contributed by atoms with Crippen LogP contribution in [0, 0.1) is 6.92 Å². The summed E-state index contributed by atoms with van der Waals surface area (Å²) >= 11 is 3.50. The Morgan fingerprint density at radius 2 is 2.00 bits per heavy atom. The lowest BCUT2D eigenvalue weighted by molar-refractivity contribution is 0.140. The predicted octanol–water partition coefficient (Wildman–Crippen LogP) is 2.21. The Labute approximate surface area is 104 Å². The van der Waals surface area contributed by atoms with E-state index in [0.717, 1.165) is 27.1 Å². The summed E-state index contributed by atoms with van der Waals surface area (Å²) in [6.07, 6.45) is 0.676. The molecular formula is C11H16BrNO3. The summed E-state index contributed by atoms with van der Waals surface area (Å²) in [5.74, 6) is 6.64. The smallest absolute Gasteiger partial charge is 0.136 e. The van der Waals surface area contributed by atoms with Gasteiger partial charge >= 0.3 is 0 Å². The minimum absolute atomic E-state index is 0.439. The van der Waals surface area contributed by atoms with Gasteiger partial charge < -0.3 is 14.3 Å². The molecule has 1 rings (SSSR count). The maximum absolute atomic E-state index is 5.35. The second-order valence-corrected chi connectivity index (χ2v) is 4.12. The average molecular weight is 290 g/mol. The lowest BCUT2D eigenvalue weighted by Gasteiger charge is -2.15. The maximum Gasteiger partial charge on any atom is 0.136 e. The summed E-state index contributed by atoms with van der Waals surface area (Å²) in [6, 6.07) is 1.94. The Bertz CT molecular complexity index is 369. The average Bonchev–Trinajstić information content (AvgIpc) is 2.30. The third kappa shape index (κ3) is 2.66. The second-order valence-electron chi connectivity index (χ2n) is 3.33. The van der Waals surface area contributed by atoms with E-state index in [1.807, 2.05) is 13.0 Å². The van der Waals surface area contributed by atoms with Crippen LogP contribution in [0.5, 0.6) is 11.5 Å². The normalized spacial score (nSPS) is 10.3. The van der Waals surface area contributed by atoms with Crippen LogP contribution < -0.4 is 15.4 Å². The number of rotatable bonds is 5. The van der Waals surface area contributed by atoms with Crippen molar-refractivity contribution in [2.75, 3.05) is 20.8 Å². The molecule has 5 heteroatoms. The Kier molecular flexibility index (Phi) is 5.05. The van der Waals surface area contributed by atoms with Crippen molar-refractivity contribution in [3.05, 3.63) is 21.7 Å². The standard InChI is InChI=1S/C11H16BrNO3/c1-7-9(14-2)6-8(4-5-16-13)11(15-3)10(7)12/h6H,4-5,13H2,1-3H3. The Balaban J connectivity index is 3.18. The van der Waals surface area contributed by atoms with Crippen LogP contribution >= 0.6 is 15.9 Å². The molecule has 0 unspecified atom stereocenters. The highest BCUT2D eigenvalue weighted by Gasteiger charge is 2.14. The number of nitrogens with two attached hydrogens (primary N) is 1. The molecule has 0 aromatic heterocycles. The number of hydrogen-bond acceptors (Lipinski definition) is 4. The zero-order chi connectivity index (χ0) is 12.1. The van der Waals surface area contributed by atoms with E-state index < -0.39 is 0 Å². The van der Waals surface area contributed by atoms with E-state index in [1.165, 1.54) is 0 Å². The van der Waals surface area contributed by atoms with Crippen LogP contribution in [0.2, 0.25) is 0 Å². The van der Waals surface area contributed by atoms with Crippen molar-refractivity contribution in [1.29, 1.82) is 0 Å². The minimum Gasteiger partial charge on any atom is -0.496 e. The van der Waals surface area contributed by atoms with Crippen molar-refractivity contribution in [2.45, 2.75) is 13.3 Å². The van der Waals surface area contributed by atoms with Gasteiger partial charge in [0.1, 0.15) is 11.5 Å². The minimum atomic E-state index is 0.439. The van der Waals surface area contributed by atoms with Gasteiger partial charge in [-0.15, -0.1) is 0 Å². The van der Waals surface area contributed by atoms with Gasteiger partial charge in [-0.25, -0.2) is 5.90 Å². The van der Waals surface area contributed by atoms with Crippen LogP contribution in [0.1, 0.15) is 11.1 Å². The van der Waals surface area contributed by atoms with Crippen LogP contribution in [0.3, 0.4) is 0 Å². The topological polar surface area (TPSA) is 53.7 Å². The maximum atomic E-state index is 5.35. The lowest BCUT2D eigenvalue weighted by Crippen LogP contribution is -2.06. The molecule has 1 aromatic rings. The zero-order valence-electron chi connectivity index (χ0n) is 9.67. The molecule has 4 nitrogen and oxygen atoms in total. The van der Waals surface area contributed by atoms with Crippen molar-refractivity contribution in [3.8, 4) is 11.5 Å². The quantitative estimate of drug-likeness (QED) is 0.845. The van der Waals surface area contributed by atoms with Crippen molar-refractivity contribution in [1.82, 2.24) is 0 Å². The van der Waals surface area contributed by atoms with Gasteiger partial charge in [0.15, 0.2) is 0 Å². The van der Waals surface area contributed by atoms with Crippen LogP contribution in [-0.4, -0.2) is 20.8 Å². The monoisotopic (exact) mass is 289 g/mol. The van der Waals surface area contributed by atoms with E-state index in [2.05, 4.69) is 20.8 Å². The zero-order valence-corrected chi connectivity index (χ0v) is 11.3. The first-order valence-electron chi connectivity index (χ1n) is 4.87. The molecule has 0 heterocycles. The number of methoxy groups -OCH3 is 2. The van der Waals surface area contributed by atoms with E-state index >= 15 is 0 Å². The summed E-state index contributed by atoms with van der Waals surface area (Å²) in [7, 11) is 3.28. The van der Waals surface area contributed by atoms with Crippen molar-refractivity contribution < 1.29 is 14.3 Å². The van der Waals surface area contributed by atoms with Gasteiger partial charge in [-0.05, 0) is 28.9 Å². The fourth-order valence-electron chi connectivity index (χ4n) is 1.54. The molecule has 0 fully saturated rings. The van der Waals surface area contributed by atoms with Gasteiger partial charge in [-0.1, -0.05) is 0 Å². The third-order valence-corrected chi connectivity index (χ3v) is 3.36. The van der Waals surface area contributed by atoms with E-state index in [-0.39, 0.29) is 0 Å². The van der Waals surface area contributed by atoms with Crippen molar-refractivity contribution in [3.63, 3.8) is 0 Å². The highest BCUT2D eigenvalue weighted by Crippen LogP contribution is 2.38. The third-order valence-electron chi connectivity index (χ3n) is 2.41. The molecule has 0 amide bonds. The molecule has 0 aliphatic heterocycles. The van der Waals surface area contributed by atoms with Gasteiger partial charge in [0, 0.05) is 17.5 Å². The number of benzene rings is 1. The summed E-state index contributed by atoms with van der Waals surface area (Å²) in [5, 5.41) is 0. The number of hydrogen-bond donors (Lipinski definition) is 1. The highest BCUT2D eigenvalue weighted by atomic mass is 79.9. The summed E-state index contributed by atoms with van der Waals surface area (Å²) in [5.41, 5.74) is 2.01. The van der Waals surface area contributed by atoms with Crippen LogP contribution in [0.15, 0.2) is 10.5 Å². The van der Waals surface area contributed by atoms with E-state index in [4.69, 9.17) is 15.4 Å². The molecule has 1 aromatic carbocycles. The molecule has 0 aliphatic rings. The molecular weight excluding hydrogens is 274 g/mol. The molecule has 0 saturated carbocycles. The largest absolute Gasteiger partial charge is 0.496 e. The second kappa shape index (κ2) is 6.08. The summed E-state index contributed by atoms with van der Waals surface area (Å²) in [4.78, 5) is 4.58. The van der Waals surface area contributed by atoms with Crippen molar-refractivity contribution in [2.24, 2.45) is 5.90 Å². The molecule has 90 valence electrons. The van der Waals surface area contributed by atoms with Crippen molar-refractivity contribution >= 4 is 15.9 Å². The first-order valence-corrected chi connectivity index (χ1v) is 5.66. The molecule has 0 aliphatic carbocycles. The van der Waals surface area contributed by atoms with E-state index in [1.54, 1.807) is 14.2 Å². The number of ether oxygens (including phenoxy) is 2. The Morgan fingerprint density at radius 3 is 2.50 bits per heavy atom. The number of halogens is 1. The van der Waals surface area contributed by atoms with Crippen LogP contribution in [0.25, 0.3) is 0 Å². The van der Waals surface area contributed by atoms with Gasteiger partial charge in [-0.2, -0.15) is 0 Å². The SMILES string of the molecule is COc1cc(CCON)c(OC)c(Br)c1C. The van der Waals surface area contributed by atoms with Gasteiger partial charge in [0.05, 0.1) is 25.3 Å². The Hall–Kier alpha value is -0.780. The molecule has 2 N–H and O–H groups in total. The lowest BCUT2D eigenvalue weighted by atomic mass is 10.1. The molecule has 0 radical (unpaired) electrons. The summed E-state index contributed by atoms with van der Waals surface area (Å²) < 4.78 is 11.5. The van der Waals surface area contributed by atoms with Gasteiger partial charge in [0.2, 0.25) is 0 Å². The van der Waals surface area contributed by atoms with Crippen LogP contribution in [0.4, 0.5) is 0 Å². The van der Waals surface area contributed by atoms with Gasteiger partial charge in [0.25, 0.3) is 0 Å². The Morgan fingerprint density at radius 1 is 1.31 bits per heavy atom. The highest BCUT2D eigenvalue weighted by molar-refractivity contribution is 9.10. The fourth-order valence-corrected chi connectivity index (χ4v) is 2.15. The summed E-state index contributed by atoms with van der Waals surface area (Å²) in [6.45, 7) is 2.41.